The van der Waals surface area contributed by atoms with Crippen molar-refractivity contribution in [2.75, 3.05) is 16.7 Å². The highest BCUT2D eigenvalue weighted by Crippen LogP contribution is 2.41. The van der Waals surface area contributed by atoms with Crippen LogP contribution in [0.15, 0.2) is 78.0 Å². The van der Waals surface area contributed by atoms with E-state index in [1.807, 2.05) is 0 Å². The number of sulfonamides is 1. The molecule has 2 aromatic heterocycles. The van der Waals surface area contributed by atoms with Crippen molar-refractivity contribution in [1.82, 2.24) is 9.55 Å². The van der Waals surface area contributed by atoms with Gasteiger partial charge in [-0.2, -0.15) is 0 Å². The molecular formula is C28H27F2N3O5S. The molecule has 0 atom stereocenters. The van der Waals surface area contributed by atoms with Gasteiger partial charge < -0.3 is 14.0 Å². The molecule has 39 heavy (non-hydrogen) atoms. The van der Waals surface area contributed by atoms with Crippen LogP contribution in [0.5, 0.6) is 17.2 Å². The van der Waals surface area contributed by atoms with E-state index in [9.17, 15) is 22.0 Å². The zero-order valence-electron chi connectivity index (χ0n) is 21.6. The fourth-order valence-electron chi connectivity index (χ4n) is 3.90. The Morgan fingerprint density at radius 3 is 2.41 bits per heavy atom. The highest BCUT2D eigenvalue weighted by atomic mass is 32.2. The molecule has 0 radical (unpaired) electrons. The Hall–Kier alpha value is -4.25. The number of hydrogen-bond acceptors (Lipinski definition) is 6. The van der Waals surface area contributed by atoms with Crippen molar-refractivity contribution in [1.29, 1.82) is 0 Å². The summed E-state index contributed by atoms with van der Waals surface area (Å²) < 4.78 is 68.6. The summed E-state index contributed by atoms with van der Waals surface area (Å²) >= 11 is 0. The summed E-state index contributed by atoms with van der Waals surface area (Å²) in [5.74, 6) is -1.70. The lowest BCUT2D eigenvalue weighted by Gasteiger charge is -2.25. The smallest absolute Gasteiger partial charge is 0.254 e. The average molecular weight is 556 g/mol. The van der Waals surface area contributed by atoms with E-state index in [1.54, 1.807) is 51.5 Å². The number of halogens is 2. The van der Waals surface area contributed by atoms with Gasteiger partial charge in [-0.15, -0.1) is 0 Å². The molecule has 4 rings (SSSR count). The van der Waals surface area contributed by atoms with E-state index in [0.29, 0.717) is 28.4 Å². The van der Waals surface area contributed by atoms with Crippen molar-refractivity contribution in [2.45, 2.75) is 20.4 Å². The van der Waals surface area contributed by atoms with Gasteiger partial charge in [0.25, 0.3) is 5.56 Å². The summed E-state index contributed by atoms with van der Waals surface area (Å²) in [4.78, 5) is 16.4. The van der Waals surface area contributed by atoms with Gasteiger partial charge in [0.1, 0.15) is 17.3 Å². The maximum atomic E-state index is 14.5. The van der Waals surface area contributed by atoms with Crippen molar-refractivity contribution >= 4 is 15.7 Å². The lowest BCUT2D eigenvalue weighted by atomic mass is 10.0. The van der Waals surface area contributed by atoms with Gasteiger partial charge in [-0.25, -0.2) is 17.2 Å². The van der Waals surface area contributed by atoms with Crippen molar-refractivity contribution in [3.05, 3.63) is 101 Å². The second-order valence-corrected chi connectivity index (χ2v) is 10.7. The van der Waals surface area contributed by atoms with Crippen LogP contribution in [0, 0.1) is 11.6 Å². The number of hydrogen-bond donors (Lipinski definition) is 0. The molecule has 0 amide bonds. The van der Waals surface area contributed by atoms with E-state index >= 15 is 0 Å². The molecule has 0 fully saturated rings. The monoisotopic (exact) mass is 555 g/mol. The van der Waals surface area contributed by atoms with Gasteiger partial charge in [-0.1, -0.05) is 6.07 Å². The van der Waals surface area contributed by atoms with Crippen molar-refractivity contribution in [2.24, 2.45) is 7.05 Å². The highest BCUT2D eigenvalue weighted by molar-refractivity contribution is 7.92. The minimum Gasteiger partial charge on any atom is -0.493 e. The Morgan fingerprint density at radius 2 is 1.74 bits per heavy atom. The molecule has 0 saturated heterocycles. The first-order chi connectivity index (χ1) is 18.6. The van der Waals surface area contributed by atoms with Crippen LogP contribution in [0.25, 0.3) is 11.1 Å². The van der Waals surface area contributed by atoms with Crippen LogP contribution >= 0.6 is 0 Å². The first-order valence-electron chi connectivity index (χ1n) is 12.1. The number of aryl methyl sites for hydroxylation is 1. The number of ether oxygens (including phenoxy) is 2. The number of rotatable bonds is 10. The van der Waals surface area contributed by atoms with Gasteiger partial charge in [0.2, 0.25) is 10.0 Å². The predicted molar refractivity (Wildman–Crippen MR) is 145 cm³/mol. The Kier molecular flexibility index (Phi) is 8.29. The van der Waals surface area contributed by atoms with E-state index < -0.39 is 21.7 Å². The van der Waals surface area contributed by atoms with Gasteiger partial charge in [0, 0.05) is 48.9 Å². The molecule has 204 valence electrons. The fraction of sp³-hybridized carbons (Fsp3) is 0.214. The van der Waals surface area contributed by atoms with Crippen molar-refractivity contribution in [3.63, 3.8) is 0 Å². The molecule has 11 heteroatoms. The Labute approximate surface area is 225 Å². The van der Waals surface area contributed by atoms with Gasteiger partial charge in [0.05, 0.1) is 24.6 Å². The van der Waals surface area contributed by atoms with Crippen molar-refractivity contribution in [3.8, 4) is 28.4 Å². The molecule has 0 aliphatic rings. The molecule has 0 aliphatic carbocycles. The van der Waals surface area contributed by atoms with Gasteiger partial charge in [-0.05, 0) is 55.8 Å². The minimum atomic E-state index is -3.75. The highest BCUT2D eigenvalue weighted by Gasteiger charge is 2.24. The van der Waals surface area contributed by atoms with E-state index in [-0.39, 0.29) is 41.7 Å². The van der Waals surface area contributed by atoms with Gasteiger partial charge >= 0.3 is 0 Å². The lowest BCUT2D eigenvalue weighted by Crippen LogP contribution is -2.32. The Balaban J connectivity index is 1.93. The Morgan fingerprint density at radius 1 is 0.974 bits per heavy atom. The molecule has 0 bridgehead atoms. The van der Waals surface area contributed by atoms with E-state index in [4.69, 9.17) is 9.47 Å². The third kappa shape index (κ3) is 6.26. The summed E-state index contributed by atoms with van der Waals surface area (Å²) in [5.41, 5.74) is 1.39. The molecule has 8 nitrogen and oxygen atoms in total. The molecule has 4 aromatic rings. The van der Waals surface area contributed by atoms with Crippen LogP contribution in [0.1, 0.15) is 19.4 Å². The average Bonchev–Trinajstić information content (AvgIpc) is 2.92. The number of benzene rings is 2. The second-order valence-electron chi connectivity index (χ2n) is 8.56. The van der Waals surface area contributed by atoms with Crippen LogP contribution in [-0.2, 0) is 23.6 Å². The van der Waals surface area contributed by atoms with Crippen molar-refractivity contribution < 1.29 is 26.7 Å². The zero-order valence-corrected chi connectivity index (χ0v) is 22.4. The predicted octanol–water partition coefficient (Wildman–Crippen LogP) is 5.27. The van der Waals surface area contributed by atoms with E-state index in [1.165, 1.54) is 33.3 Å². The SMILES string of the molecule is CCOc1cc(=O)n(C)cc1-c1cc(N(Cc2cccnc2)S(=O)(=O)CC)ccc1Oc1ccc(F)cc1F. The number of pyridine rings is 2. The van der Waals surface area contributed by atoms with Crippen LogP contribution in [-0.4, -0.2) is 30.3 Å². The summed E-state index contributed by atoms with van der Waals surface area (Å²) in [6.45, 7) is 3.57. The summed E-state index contributed by atoms with van der Waals surface area (Å²) in [6.07, 6.45) is 4.70. The number of aromatic nitrogens is 2. The molecular weight excluding hydrogens is 528 g/mol. The van der Waals surface area contributed by atoms with Crippen LogP contribution in [0.3, 0.4) is 0 Å². The number of anilines is 1. The van der Waals surface area contributed by atoms with E-state index in [0.717, 1.165) is 12.1 Å². The topological polar surface area (TPSA) is 90.7 Å². The first-order valence-corrected chi connectivity index (χ1v) is 13.7. The zero-order chi connectivity index (χ0) is 28.2. The molecule has 0 N–H and O–H groups in total. The largest absolute Gasteiger partial charge is 0.493 e. The van der Waals surface area contributed by atoms with Gasteiger partial charge in [0.15, 0.2) is 11.6 Å². The third-order valence-corrected chi connectivity index (χ3v) is 7.64. The standard InChI is InChI=1S/C28H27F2N3O5S/c1-4-37-27-15-28(34)32(3)18-23(27)22-14-21(9-11-25(22)38-26-10-8-20(29)13-24(26)30)33(39(35,36)5-2)17-19-7-6-12-31-16-19/h6-16,18H,4-5,17H2,1-3H3. The van der Waals surface area contributed by atoms with Gasteiger partial charge in [-0.3, -0.25) is 14.1 Å². The third-order valence-electron chi connectivity index (χ3n) is 5.89. The second kappa shape index (κ2) is 11.6. The van der Waals surface area contributed by atoms with Crippen LogP contribution in [0.2, 0.25) is 0 Å². The van der Waals surface area contributed by atoms with Crippen LogP contribution in [0.4, 0.5) is 14.5 Å². The quantitative estimate of drug-likeness (QED) is 0.265. The first kappa shape index (κ1) is 27.8. The number of nitrogens with zero attached hydrogens (tertiary/aromatic N) is 3. The molecule has 0 saturated carbocycles. The molecule has 2 aromatic carbocycles. The Bertz CT molecular complexity index is 1640. The fourth-order valence-corrected chi connectivity index (χ4v) is 4.99. The van der Waals surface area contributed by atoms with E-state index in [2.05, 4.69) is 4.98 Å². The molecule has 0 unspecified atom stereocenters. The minimum absolute atomic E-state index is 0.0157. The molecule has 0 spiro atoms. The summed E-state index contributed by atoms with van der Waals surface area (Å²) in [7, 11) is -2.19. The van der Waals surface area contributed by atoms with Crippen LogP contribution < -0.4 is 19.3 Å². The maximum Gasteiger partial charge on any atom is 0.254 e. The maximum absolute atomic E-state index is 14.5. The normalized spacial score (nSPS) is 11.3. The molecule has 0 aliphatic heterocycles. The summed E-state index contributed by atoms with van der Waals surface area (Å²) in [5, 5.41) is 0. The molecule has 2 heterocycles. The lowest BCUT2D eigenvalue weighted by molar-refractivity contribution is 0.340. The summed E-state index contributed by atoms with van der Waals surface area (Å²) in [6, 6.07) is 12.3.